The zero-order valence-electron chi connectivity index (χ0n) is 13.6. The Morgan fingerprint density at radius 3 is 2.54 bits per heavy atom. The van der Waals surface area contributed by atoms with Gasteiger partial charge in [-0.25, -0.2) is 4.90 Å². The van der Waals surface area contributed by atoms with Crippen LogP contribution in [-0.4, -0.2) is 28.4 Å². The molecule has 1 atom stereocenters. The Labute approximate surface area is 163 Å². The van der Waals surface area contributed by atoms with E-state index in [4.69, 9.17) is 5.73 Å². The summed E-state index contributed by atoms with van der Waals surface area (Å²) in [5.74, 6) is -0.536. The van der Waals surface area contributed by atoms with Gasteiger partial charge >= 0.3 is 0 Å². The molecule has 0 bridgehead atoms. The molecule has 132 valence electrons. The van der Waals surface area contributed by atoms with Crippen LogP contribution in [0.5, 0.6) is 0 Å². The second-order valence-electron chi connectivity index (χ2n) is 5.45. The maximum absolute atomic E-state index is 12.5. The van der Waals surface area contributed by atoms with E-state index in [1.165, 1.54) is 4.90 Å². The molecule has 8 heteroatoms. The number of thioether (sulfide) groups is 1. The van der Waals surface area contributed by atoms with Crippen molar-refractivity contribution in [3.05, 3.63) is 64.6 Å². The van der Waals surface area contributed by atoms with Gasteiger partial charge < -0.3 is 5.73 Å². The molecule has 3 rings (SSSR count). The lowest BCUT2D eigenvalue weighted by Crippen LogP contribution is -2.31. The fraction of sp³-hybridized carbons (Fsp3) is 0.111. The van der Waals surface area contributed by atoms with Crippen LogP contribution in [0.25, 0.3) is 0 Å². The lowest BCUT2D eigenvalue weighted by molar-refractivity contribution is -0.121. The molecule has 26 heavy (non-hydrogen) atoms. The van der Waals surface area contributed by atoms with Crippen LogP contribution < -0.4 is 10.6 Å². The van der Waals surface area contributed by atoms with Gasteiger partial charge in [0.2, 0.25) is 11.8 Å². The van der Waals surface area contributed by atoms with E-state index >= 15 is 0 Å². The molecular formula is C18H15BrN4O2S. The van der Waals surface area contributed by atoms with E-state index in [1.54, 1.807) is 30.5 Å². The standard InChI is InChI=1S/C18H15BrN4O2S/c19-13-8-6-12(7-9-13)11-21-22-18(20)26-15-10-16(24)23(17(15)25)14-4-2-1-3-5-14/h1-9,11,15H,10H2,(H2,20,22)/b21-11+. The fourth-order valence-corrected chi connectivity index (χ4v) is 3.50. The molecule has 0 radical (unpaired) electrons. The zero-order valence-corrected chi connectivity index (χ0v) is 16.0. The highest BCUT2D eigenvalue weighted by atomic mass is 79.9. The van der Waals surface area contributed by atoms with Crippen LogP contribution in [0.1, 0.15) is 12.0 Å². The number of anilines is 1. The highest BCUT2D eigenvalue weighted by Gasteiger charge is 2.40. The maximum Gasteiger partial charge on any atom is 0.247 e. The van der Waals surface area contributed by atoms with Crippen molar-refractivity contribution in [1.29, 1.82) is 0 Å². The number of carbonyl (C=O) groups is 2. The Bertz CT molecular complexity index is 869. The Balaban J connectivity index is 1.64. The minimum atomic E-state index is -0.589. The van der Waals surface area contributed by atoms with Gasteiger partial charge in [0.05, 0.1) is 11.9 Å². The summed E-state index contributed by atoms with van der Waals surface area (Å²) in [6, 6.07) is 16.4. The van der Waals surface area contributed by atoms with Crippen molar-refractivity contribution >= 4 is 56.6 Å². The van der Waals surface area contributed by atoms with Crippen LogP contribution in [-0.2, 0) is 9.59 Å². The van der Waals surface area contributed by atoms with Crippen molar-refractivity contribution in [2.75, 3.05) is 4.90 Å². The summed E-state index contributed by atoms with van der Waals surface area (Å²) in [4.78, 5) is 25.9. The van der Waals surface area contributed by atoms with Crippen molar-refractivity contribution in [1.82, 2.24) is 0 Å². The van der Waals surface area contributed by atoms with Gasteiger partial charge in [0.15, 0.2) is 5.17 Å². The third-order valence-corrected chi connectivity index (χ3v) is 5.12. The largest absolute Gasteiger partial charge is 0.377 e. The second kappa shape index (κ2) is 8.29. The minimum Gasteiger partial charge on any atom is -0.377 e. The predicted molar refractivity (Wildman–Crippen MR) is 108 cm³/mol. The fourth-order valence-electron chi connectivity index (χ4n) is 2.42. The first-order valence-electron chi connectivity index (χ1n) is 7.75. The minimum absolute atomic E-state index is 0.0883. The van der Waals surface area contributed by atoms with Gasteiger partial charge in [-0.3, -0.25) is 9.59 Å². The predicted octanol–water partition coefficient (Wildman–Crippen LogP) is 3.16. The second-order valence-corrected chi connectivity index (χ2v) is 7.59. The average Bonchev–Trinajstić information content (AvgIpc) is 2.91. The Hall–Kier alpha value is -2.45. The Kier molecular flexibility index (Phi) is 5.85. The van der Waals surface area contributed by atoms with Crippen molar-refractivity contribution in [2.45, 2.75) is 11.7 Å². The molecule has 1 heterocycles. The first kappa shape index (κ1) is 18.3. The first-order valence-corrected chi connectivity index (χ1v) is 9.42. The topological polar surface area (TPSA) is 88.1 Å². The normalized spacial score (nSPS) is 18.1. The SMILES string of the molecule is N/C(=N/N=C/c1ccc(Br)cc1)SC1CC(=O)N(c2ccccc2)C1=O. The Morgan fingerprint density at radius 1 is 1.15 bits per heavy atom. The maximum atomic E-state index is 12.5. The number of hydrogen-bond acceptors (Lipinski definition) is 5. The Morgan fingerprint density at radius 2 is 1.85 bits per heavy atom. The van der Waals surface area contributed by atoms with Crippen LogP contribution in [0.15, 0.2) is 69.3 Å². The summed E-state index contributed by atoms with van der Waals surface area (Å²) in [6.45, 7) is 0. The molecule has 1 aliphatic rings. The molecule has 1 fully saturated rings. The molecule has 2 amide bonds. The summed E-state index contributed by atoms with van der Waals surface area (Å²) < 4.78 is 0.973. The molecule has 2 aromatic rings. The number of nitrogens with two attached hydrogens (primary N) is 1. The smallest absolute Gasteiger partial charge is 0.247 e. The van der Waals surface area contributed by atoms with E-state index in [1.807, 2.05) is 30.3 Å². The van der Waals surface area contributed by atoms with Gasteiger partial charge in [-0.15, -0.1) is 5.10 Å². The molecule has 0 spiro atoms. The van der Waals surface area contributed by atoms with Crippen molar-refractivity contribution < 1.29 is 9.59 Å². The van der Waals surface area contributed by atoms with Crippen molar-refractivity contribution in [2.24, 2.45) is 15.9 Å². The lowest BCUT2D eigenvalue weighted by atomic mass is 10.2. The van der Waals surface area contributed by atoms with Gasteiger partial charge in [-0.2, -0.15) is 5.10 Å². The summed E-state index contributed by atoms with van der Waals surface area (Å²) in [5.41, 5.74) is 7.28. The monoisotopic (exact) mass is 430 g/mol. The highest BCUT2D eigenvalue weighted by Crippen LogP contribution is 2.29. The zero-order chi connectivity index (χ0) is 18.5. The molecule has 1 aliphatic heterocycles. The number of imide groups is 1. The van der Waals surface area contributed by atoms with Gasteiger partial charge in [0.25, 0.3) is 0 Å². The van der Waals surface area contributed by atoms with Crippen molar-refractivity contribution in [3.63, 3.8) is 0 Å². The van der Waals surface area contributed by atoms with Crippen LogP contribution in [0.2, 0.25) is 0 Å². The van der Waals surface area contributed by atoms with Crippen LogP contribution >= 0.6 is 27.7 Å². The molecule has 0 aliphatic carbocycles. The number of amidine groups is 1. The summed E-state index contributed by atoms with van der Waals surface area (Å²) in [7, 11) is 0. The van der Waals surface area contributed by atoms with Gasteiger partial charge in [0.1, 0.15) is 5.25 Å². The number of benzene rings is 2. The lowest BCUT2D eigenvalue weighted by Gasteiger charge is -2.14. The quantitative estimate of drug-likeness (QED) is 0.349. The van der Waals surface area contributed by atoms with E-state index in [-0.39, 0.29) is 23.4 Å². The molecule has 0 aromatic heterocycles. The molecule has 1 saturated heterocycles. The van der Waals surface area contributed by atoms with E-state index < -0.39 is 5.25 Å². The van der Waals surface area contributed by atoms with Crippen LogP contribution in [0, 0.1) is 0 Å². The number of rotatable bonds is 4. The summed E-state index contributed by atoms with van der Waals surface area (Å²) >= 11 is 4.41. The molecule has 2 N–H and O–H groups in total. The third-order valence-electron chi connectivity index (χ3n) is 3.62. The number of hydrogen-bond donors (Lipinski definition) is 1. The van der Waals surface area contributed by atoms with Gasteiger partial charge in [-0.1, -0.05) is 58.0 Å². The molecule has 1 unspecified atom stereocenters. The van der Waals surface area contributed by atoms with Gasteiger partial charge in [-0.05, 0) is 29.8 Å². The molecule has 0 saturated carbocycles. The van der Waals surface area contributed by atoms with E-state index in [2.05, 4.69) is 26.1 Å². The van der Waals surface area contributed by atoms with E-state index in [0.29, 0.717) is 5.69 Å². The van der Waals surface area contributed by atoms with E-state index in [9.17, 15) is 9.59 Å². The number of amides is 2. The van der Waals surface area contributed by atoms with Crippen molar-refractivity contribution in [3.8, 4) is 0 Å². The van der Waals surface area contributed by atoms with Crippen LogP contribution in [0.3, 0.4) is 0 Å². The summed E-state index contributed by atoms with van der Waals surface area (Å²) in [6.07, 6.45) is 1.66. The van der Waals surface area contributed by atoms with Gasteiger partial charge in [0, 0.05) is 10.9 Å². The van der Waals surface area contributed by atoms with E-state index in [0.717, 1.165) is 21.8 Å². The molecular weight excluding hydrogens is 416 g/mol. The van der Waals surface area contributed by atoms with Crippen LogP contribution in [0.4, 0.5) is 5.69 Å². The number of para-hydroxylation sites is 1. The third kappa shape index (κ3) is 4.39. The number of nitrogens with zero attached hydrogens (tertiary/aromatic N) is 3. The number of carbonyl (C=O) groups excluding carboxylic acids is 2. The average molecular weight is 431 g/mol. The highest BCUT2D eigenvalue weighted by molar-refractivity contribution is 9.10. The number of halogens is 1. The summed E-state index contributed by atoms with van der Waals surface area (Å²) in [5, 5.41) is 7.37. The molecule has 6 nitrogen and oxygen atoms in total. The molecule has 2 aromatic carbocycles. The first-order chi connectivity index (χ1) is 12.5.